The second-order valence-corrected chi connectivity index (χ2v) is 6.60. The van der Waals surface area contributed by atoms with Crippen LogP contribution in [0.3, 0.4) is 0 Å². The van der Waals surface area contributed by atoms with Gasteiger partial charge in [-0.25, -0.2) is 4.98 Å². The number of anilines is 2. The number of amides is 1. The Kier molecular flexibility index (Phi) is 5.61. The van der Waals surface area contributed by atoms with Gasteiger partial charge in [0.1, 0.15) is 5.82 Å². The molecule has 2 heterocycles. The molecule has 1 aromatic heterocycles. The summed E-state index contributed by atoms with van der Waals surface area (Å²) in [5.41, 5.74) is 1.16. The van der Waals surface area contributed by atoms with E-state index in [1.165, 1.54) is 12.8 Å². The summed E-state index contributed by atoms with van der Waals surface area (Å²) in [7, 11) is 3.14. The molecule has 0 bridgehead atoms. The predicted octanol–water partition coefficient (Wildman–Crippen LogP) is 3.59. The molecule has 0 spiro atoms. The molecule has 6 nitrogen and oxygen atoms in total. The van der Waals surface area contributed by atoms with Gasteiger partial charge in [-0.05, 0) is 43.0 Å². The van der Waals surface area contributed by atoms with Crippen molar-refractivity contribution < 1.29 is 14.3 Å². The van der Waals surface area contributed by atoms with Gasteiger partial charge in [-0.1, -0.05) is 6.92 Å². The summed E-state index contributed by atoms with van der Waals surface area (Å²) in [6, 6.07) is 8.99. The molecule has 1 amide bonds. The molecule has 0 unspecified atom stereocenters. The molecule has 2 aromatic rings. The van der Waals surface area contributed by atoms with Crippen molar-refractivity contribution >= 4 is 17.4 Å². The summed E-state index contributed by atoms with van der Waals surface area (Å²) in [6.07, 6.45) is 4.00. The Bertz CT molecular complexity index is 753. The zero-order valence-corrected chi connectivity index (χ0v) is 15.5. The number of hydrogen-bond acceptors (Lipinski definition) is 5. The van der Waals surface area contributed by atoms with E-state index in [-0.39, 0.29) is 5.91 Å². The highest BCUT2D eigenvalue weighted by Crippen LogP contribution is 2.30. The van der Waals surface area contributed by atoms with Crippen molar-refractivity contribution in [1.29, 1.82) is 0 Å². The first-order valence-electron chi connectivity index (χ1n) is 8.85. The maximum Gasteiger partial charge on any atom is 0.257 e. The first kappa shape index (κ1) is 18.0. The number of hydrogen-bond donors (Lipinski definition) is 1. The number of aromatic nitrogens is 1. The van der Waals surface area contributed by atoms with Crippen molar-refractivity contribution in [2.24, 2.45) is 5.92 Å². The van der Waals surface area contributed by atoms with E-state index in [2.05, 4.69) is 22.1 Å². The second kappa shape index (κ2) is 8.08. The zero-order chi connectivity index (χ0) is 18.5. The Morgan fingerprint density at radius 2 is 1.85 bits per heavy atom. The lowest BCUT2D eigenvalue weighted by molar-refractivity contribution is 0.102. The Hall–Kier alpha value is -2.76. The molecule has 138 valence electrons. The molecule has 1 aromatic carbocycles. The monoisotopic (exact) mass is 355 g/mol. The Morgan fingerprint density at radius 1 is 1.12 bits per heavy atom. The molecule has 1 aliphatic rings. The average molecular weight is 355 g/mol. The minimum absolute atomic E-state index is 0.205. The lowest BCUT2D eigenvalue weighted by Crippen LogP contribution is -2.33. The largest absolute Gasteiger partial charge is 0.493 e. The first-order valence-corrected chi connectivity index (χ1v) is 8.85. The SMILES string of the molecule is COc1ccc(NC(=O)c2ccc(N3CCC(C)CC3)nc2)cc1OC. The van der Waals surface area contributed by atoms with Gasteiger partial charge in [0.2, 0.25) is 0 Å². The van der Waals surface area contributed by atoms with E-state index >= 15 is 0 Å². The standard InChI is InChI=1S/C20H25N3O3/c1-14-8-10-23(11-9-14)19-7-4-15(13-21-19)20(24)22-16-5-6-17(25-2)18(12-16)26-3/h4-7,12-14H,8-11H2,1-3H3,(H,22,24). The minimum Gasteiger partial charge on any atom is -0.493 e. The number of ether oxygens (including phenoxy) is 2. The summed E-state index contributed by atoms with van der Waals surface area (Å²) in [5, 5.41) is 2.86. The van der Waals surface area contributed by atoms with Crippen LogP contribution in [0.2, 0.25) is 0 Å². The molecule has 6 heteroatoms. The maximum absolute atomic E-state index is 12.5. The van der Waals surface area contributed by atoms with Crippen molar-refractivity contribution in [1.82, 2.24) is 4.98 Å². The van der Waals surface area contributed by atoms with Crippen LogP contribution in [-0.4, -0.2) is 38.2 Å². The van der Waals surface area contributed by atoms with Crippen LogP contribution < -0.4 is 19.7 Å². The number of rotatable bonds is 5. The summed E-state index contributed by atoms with van der Waals surface area (Å²) < 4.78 is 10.5. The number of carbonyl (C=O) groups is 1. The highest BCUT2D eigenvalue weighted by atomic mass is 16.5. The number of piperidine rings is 1. The number of methoxy groups -OCH3 is 2. The van der Waals surface area contributed by atoms with Gasteiger partial charge >= 0.3 is 0 Å². The predicted molar refractivity (Wildman–Crippen MR) is 102 cm³/mol. The van der Waals surface area contributed by atoms with E-state index in [9.17, 15) is 4.79 Å². The van der Waals surface area contributed by atoms with Crippen LogP contribution in [0.1, 0.15) is 30.1 Å². The van der Waals surface area contributed by atoms with Gasteiger partial charge in [-0.15, -0.1) is 0 Å². The van der Waals surface area contributed by atoms with Gasteiger partial charge < -0.3 is 19.7 Å². The highest BCUT2D eigenvalue weighted by Gasteiger charge is 2.17. The van der Waals surface area contributed by atoms with Crippen LogP contribution in [0.4, 0.5) is 11.5 Å². The quantitative estimate of drug-likeness (QED) is 0.888. The van der Waals surface area contributed by atoms with E-state index < -0.39 is 0 Å². The van der Waals surface area contributed by atoms with Gasteiger partial charge in [0.15, 0.2) is 11.5 Å². The molecule has 26 heavy (non-hydrogen) atoms. The van der Waals surface area contributed by atoms with Crippen LogP contribution in [-0.2, 0) is 0 Å². The molecule has 1 saturated heterocycles. The van der Waals surface area contributed by atoms with Crippen molar-refractivity contribution in [2.75, 3.05) is 37.5 Å². The smallest absolute Gasteiger partial charge is 0.257 e. The normalized spacial score (nSPS) is 14.8. The van der Waals surface area contributed by atoms with Crippen molar-refractivity contribution in [2.45, 2.75) is 19.8 Å². The van der Waals surface area contributed by atoms with Gasteiger partial charge in [0, 0.05) is 31.0 Å². The fourth-order valence-corrected chi connectivity index (χ4v) is 3.06. The number of pyridine rings is 1. The first-order chi connectivity index (χ1) is 12.6. The molecule has 0 aliphatic carbocycles. The van der Waals surface area contributed by atoms with Crippen molar-refractivity contribution in [3.8, 4) is 11.5 Å². The molecule has 0 atom stereocenters. The Labute approximate surface area is 154 Å². The number of benzene rings is 1. The van der Waals surface area contributed by atoms with Crippen LogP contribution in [0, 0.1) is 5.92 Å². The van der Waals surface area contributed by atoms with Crippen molar-refractivity contribution in [3.05, 3.63) is 42.1 Å². The van der Waals surface area contributed by atoms with E-state index in [0.717, 1.165) is 24.8 Å². The maximum atomic E-state index is 12.5. The number of nitrogens with one attached hydrogen (secondary N) is 1. The summed E-state index contributed by atoms with van der Waals surface area (Å²) in [5.74, 6) is 2.69. The third-order valence-corrected chi connectivity index (χ3v) is 4.76. The van der Waals surface area contributed by atoms with Crippen LogP contribution in [0.15, 0.2) is 36.5 Å². The Morgan fingerprint density at radius 3 is 2.46 bits per heavy atom. The summed E-state index contributed by atoms with van der Waals surface area (Å²) >= 11 is 0. The fraction of sp³-hybridized carbons (Fsp3) is 0.400. The van der Waals surface area contributed by atoms with Gasteiger partial charge in [0.25, 0.3) is 5.91 Å². The topological polar surface area (TPSA) is 63.7 Å². The van der Waals surface area contributed by atoms with Gasteiger partial charge in [-0.2, -0.15) is 0 Å². The van der Waals surface area contributed by atoms with Gasteiger partial charge in [-0.3, -0.25) is 4.79 Å². The second-order valence-electron chi connectivity index (χ2n) is 6.60. The van der Waals surface area contributed by atoms with Crippen LogP contribution >= 0.6 is 0 Å². The molecule has 3 rings (SSSR count). The van der Waals surface area contributed by atoms with Gasteiger partial charge in [0.05, 0.1) is 19.8 Å². The van der Waals surface area contributed by atoms with Crippen molar-refractivity contribution in [3.63, 3.8) is 0 Å². The molecular weight excluding hydrogens is 330 g/mol. The number of nitrogens with zero attached hydrogens (tertiary/aromatic N) is 2. The third-order valence-electron chi connectivity index (χ3n) is 4.76. The fourth-order valence-electron chi connectivity index (χ4n) is 3.06. The molecule has 1 N–H and O–H groups in total. The van der Waals surface area contributed by atoms with Crippen LogP contribution in [0.25, 0.3) is 0 Å². The molecule has 0 radical (unpaired) electrons. The Balaban J connectivity index is 1.66. The molecule has 1 aliphatic heterocycles. The zero-order valence-electron chi connectivity index (χ0n) is 15.5. The highest BCUT2D eigenvalue weighted by molar-refractivity contribution is 6.04. The van der Waals surface area contributed by atoms with Crippen LogP contribution in [0.5, 0.6) is 11.5 Å². The van der Waals surface area contributed by atoms with E-state index in [0.29, 0.717) is 22.7 Å². The van der Waals surface area contributed by atoms with E-state index in [1.807, 2.05) is 12.1 Å². The van der Waals surface area contributed by atoms with E-state index in [1.54, 1.807) is 38.6 Å². The molecule has 0 saturated carbocycles. The summed E-state index contributed by atoms with van der Waals surface area (Å²) in [4.78, 5) is 19.2. The third kappa shape index (κ3) is 4.07. The summed E-state index contributed by atoms with van der Waals surface area (Å²) in [6.45, 7) is 4.32. The lowest BCUT2D eigenvalue weighted by atomic mass is 9.99. The molecular formula is C20H25N3O3. The van der Waals surface area contributed by atoms with E-state index in [4.69, 9.17) is 9.47 Å². The lowest BCUT2D eigenvalue weighted by Gasteiger charge is -2.31. The average Bonchev–Trinajstić information content (AvgIpc) is 2.68. The number of carbonyl (C=O) groups excluding carboxylic acids is 1. The minimum atomic E-state index is -0.205. The molecule has 1 fully saturated rings.